The summed E-state index contributed by atoms with van der Waals surface area (Å²) < 4.78 is 0. The summed E-state index contributed by atoms with van der Waals surface area (Å²) in [6, 6.07) is 3.87. The molecule has 0 radical (unpaired) electrons. The van der Waals surface area contributed by atoms with Crippen LogP contribution in [0.3, 0.4) is 0 Å². The maximum atomic E-state index is 11.7. The number of hydrazine groups is 1. The van der Waals surface area contributed by atoms with Gasteiger partial charge in [-0.25, -0.2) is 5.90 Å². The smallest absolute Gasteiger partial charge is 0.273 e. The number of benzene rings is 1. The highest BCUT2D eigenvalue weighted by Crippen LogP contribution is 2.27. The molecule has 0 bridgehead atoms. The molecule has 0 atom stereocenters. The number of phenolic OH excluding ortho intramolecular Hbond substituents is 2. The summed E-state index contributed by atoms with van der Waals surface area (Å²) in [4.78, 5) is 27.6. The fourth-order valence-electron chi connectivity index (χ4n) is 1.10. The van der Waals surface area contributed by atoms with Crippen LogP contribution in [-0.4, -0.2) is 27.6 Å². The molecule has 20 heavy (non-hydrogen) atoms. The lowest BCUT2D eigenvalue weighted by atomic mass is 10.1. The number of para-hydroxylation sites is 1. The minimum Gasteiger partial charge on any atom is -0.504 e. The molecule has 6 N–H and O–H groups in total. The summed E-state index contributed by atoms with van der Waals surface area (Å²) in [6.45, 7) is 2.81. The van der Waals surface area contributed by atoms with Gasteiger partial charge in [-0.3, -0.25) is 25.3 Å². The Morgan fingerprint density at radius 3 is 2.40 bits per heavy atom. The Morgan fingerprint density at radius 1 is 1.25 bits per heavy atom. The average molecular weight is 306 g/mol. The van der Waals surface area contributed by atoms with E-state index < -0.39 is 28.9 Å². The van der Waals surface area contributed by atoms with Gasteiger partial charge in [0.2, 0.25) is 0 Å². The van der Waals surface area contributed by atoms with Crippen LogP contribution in [0.5, 0.6) is 11.5 Å². The quantitative estimate of drug-likeness (QED) is 0.392. The Bertz CT molecular complexity index is 507. The zero-order valence-electron chi connectivity index (χ0n) is 10.8. The van der Waals surface area contributed by atoms with Crippen molar-refractivity contribution in [1.29, 1.82) is 0 Å². The van der Waals surface area contributed by atoms with Crippen molar-refractivity contribution in [3.8, 4) is 11.5 Å². The number of amides is 2. The summed E-state index contributed by atoms with van der Waals surface area (Å²) in [5, 5.41) is 18.7. The summed E-state index contributed by atoms with van der Waals surface area (Å²) in [5.41, 5.74) is 2.63. The second-order valence-corrected chi connectivity index (χ2v) is 4.21. The standard InChI is InChI=1S/C11H15N3O5.ClH/c1-11(2,19-12)10(18)14-13-9(17)6-4-3-5-7(15)8(6)16;/h3-5,15-16H,12H2,1-2H3,(H,13,17)(H,14,18);1H. The zero-order chi connectivity index (χ0) is 14.6. The molecule has 0 aliphatic heterocycles. The molecule has 9 heteroatoms. The number of aromatic hydroxyl groups is 2. The first-order chi connectivity index (χ1) is 8.79. The van der Waals surface area contributed by atoms with Crippen LogP contribution in [0.25, 0.3) is 0 Å². The fraction of sp³-hybridized carbons (Fsp3) is 0.273. The SMILES string of the molecule is CC(C)(ON)C(=O)NNC(=O)c1cccc(O)c1O.Cl. The van der Waals surface area contributed by atoms with Crippen molar-refractivity contribution in [1.82, 2.24) is 10.9 Å². The van der Waals surface area contributed by atoms with E-state index in [-0.39, 0.29) is 18.0 Å². The molecular weight excluding hydrogens is 290 g/mol. The number of halogens is 1. The monoisotopic (exact) mass is 305 g/mol. The lowest BCUT2D eigenvalue weighted by Gasteiger charge is -2.20. The third-order valence-electron chi connectivity index (χ3n) is 2.39. The predicted molar refractivity (Wildman–Crippen MR) is 72.0 cm³/mol. The minimum absolute atomic E-state index is 0. The van der Waals surface area contributed by atoms with E-state index in [1.807, 2.05) is 0 Å². The second-order valence-electron chi connectivity index (χ2n) is 4.21. The third kappa shape index (κ3) is 3.98. The average Bonchev–Trinajstić information content (AvgIpc) is 2.38. The number of nitrogens with one attached hydrogen (secondary N) is 2. The molecule has 0 saturated heterocycles. The van der Waals surface area contributed by atoms with Crippen molar-refractivity contribution in [2.45, 2.75) is 19.4 Å². The lowest BCUT2D eigenvalue weighted by molar-refractivity contribution is -0.144. The zero-order valence-corrected chi connectivity index (χ0v) is 11.7. The van der Waals surface area contributed by atoms with Crippen LogP contribution in [0.4, 0.5) is 0 Å². The number of hydrogen-bond donors (Lipinski definition) is 5. The van der Waals surface area contributed by atoms with Gasteiger partial charge in [0.25, 0.3) is 11.8 Å². The van der Waals surface area contributed by atoms with Gasteiger partial charge in [0.15, 0.2) is 17.1 Å². The number of phenols is 2. The Kier molecular flexibility index (Phi) is 6.24. The topological polar surface area (TPSA) is 134 Å². The van der Waals surface area contributed by atoms with Gasteiger partial charge in [0.05, 0.1) is 5.56 Å². The molecule has 1 rings (SSSR count). The predicted octanol–water partition coefficient (Wildman–Crippen LogP) is -0.0505. The van der Waals surface area contributed by atoms with Crippen LogP contribution in [-0.2, 0) is 9.63 Å². The Labute approximate surface area is 121 Å². The van der Waals surface area contributed by atoms with Gasteiger partial charge in [-0.1, -0.05) is 6.07 Å². The van der Waals surface area contributed by atoms with Gasteiger partial charge in [-0.05, 0) is 26.0 Å². The highest BCUT2D eigenvalue weighted by Gasteiger charge is 2.28. The molecule has 0 heterocycles. The van der Waals surface area contributed by atoms with Gasteiger partial charge < -0.3 is 10.2 Å². The van der Waals surface area contributed by atoms with Crippen molar-refractivity contribution < 1.29 is 24.6 Å². The maximum absolute atomic E-state index is 11.7. The second kappa shape index (κ2) is 6.94. The van der Waals surface area contributed by atoms with Crippen LogP contribution >= 0.6 is 12.4 Å². The van der Waals surface area contributed by atoms with Crippen LogP contribution in [0, 0.1) is 0 Å². The van der Waals surface area contributed by atoms with Gasteiger partial charge in [0.1, 0.15) is 0 Å². The molecule has 0 fully saturated rings. The molecule has 0 aliphatic rings. The van der Waals surface area contributed by atoms with Crippen LogP contribution in [0.2, 0.25) is 0 Å². The Balaban J connectivity index is 0.00000361. The number of hydrogen-bond acceptors (Lipinski definition) is 6. The third-order valence-corrected chi connectivity index (χ3v) is 2.39. The lowest BCUT2D eigenvalue weighted by Crippen LogP contribution is -2.52. The molecule has 8 nitrogen and oxygen atoms in total. The highest BCUT2D eigenvalue weighted by molar-refractivity contribution is 5.99. The molecule has 0 aromatic heterocycles. The first-order valence-electron chi connectivity index (χ1n) is 5.29. The van der Waals surface area contributed by atoms with Crippen molar-refractivity contribution >= 4 is 24.2 Å². The maximum Gasteiger partial charge on any atom is 0.273 e. The molecular formula is C11H16ClN3O5. The Morgan fingerprint density at radius 2 is 1.85 bits per heavy atom. The van der Waals surface area contributed by atoms with E-state index in [1.165, 1.54) is 32.0 Å². The van der Waals surface area contributed by atoms with Gasteiger partial charge in [0, 0.05) is 0 Å². The van der Waals surface area contributed by atoms with Gasteiger partial charge >= 0.3 is 0 Å². The van der Waals surface area contributed by atoms with Crippen LogP contribution < -0.4 is 16.7 Å². The molecule has 0 spiro atoms. The van der Waals surface area contributed by atoms with Crippen LogP contribution in [0.1, 0.15) is 24.2 Å². The van der Waals surface area contributed by atoms with E-state index in [0.29, 0.717) is 0 Å². The molecule has 0 aliphatic carbocycles. The summed E-state index contributed by atoms with van der Waals surface area (Å²) >= 11 is 0. The molecule has 0 saturated carbocycles. The summed E-state index contributed by atoms with van der Waals surface area (Å²) in [5.74, 6) is 2.43. The van der Waals surface area contributed by atoms with Crippen molar-refractivity contribution in [3.63, 3.8) is 0 Å². The Hall–Kier alpha value is -2.03. The van der Waals surface area contributed by atoms with Gasteiger partial charge in [-0.15, -0.1) is 12.4 Å². The number of nitrogens with two attached hydrogens (primary N) is 1. The van der Waals surface area contributed by atoms with E-state index in [4.69, 9.17) is 5.90 Å². The van der Waals surface area contributed by atoms with E-state index in [2.05, 4.69) is 15.7 Å². The van der Waals surface area contributed by atoms with Gasteiger partial charge in [-0.2, -0.15) is 0 Å². The minimum atomic E-state index is -1.33. The van der Waals surface area contributed by atoms with Crippen molar-refractivity contribution in [2.75, 3.05) is 0 Å². The van der Waals surface area contributed by atoms with Crippen LogP contribution in [0.15, 0.2) is 18.2 Å². The van der Waals surface area contributed by atoms with E-state index in [9.17, 15) is 19.8 Å². The largest absolute Gasteiger partial charge is 0.504 e. The molecule has 1 aromatic rings. The summed E-state index contributed by atoms with van der Waals surface area (Å²) in [6.07, 6.45) is 0. The van der Waals surface area contributed by atoms with E-state index in [1.54, 1.807) is 0 Å². The molecule has 2 amide bonds. The fourth-order valence-corrected chi connectivity index (χ4v) is 1.10. The molecule has 112 valence electrons. The highest BCUT2D eigenvalue weighted by atomic mass is 35.5. The first kappa shape index (κ1) is 18.0. The normalized spacial score (nSPS) is 10.3. The van der Waals surface area contributed by atoms with E-state index >= 15 is 0 Å². The molecule has 1 aromatic carbocycles. The van der Waals surface area contributed by atoms with E-state index in [0.717, 1.165) is 0 Å². The van der Waals surface area contributed by atoms with Crippen molar-refractivity contribution in [3.05, 3.63) is 23.8 Å². The molecule has 0 unspecified atom stereocenters. The number of carbonyl (C=O) groups excluding carboxylic acids is 2. The summed E-state index contributed by atoms with van der Waals surface area (Å²) in [7, 11) is 0. The first-order valence-corrected chi connectivity index (χ1v) is 5.29. The number of rotatable bonds is 3. The van der Waals surface area contributed by atoms with Crippen molar-refractivity contribution in [2.24, 2.45) is 5.90 Å². The number of carbonyl (C=O) groups is 2.